The molecule has 44 valence electrons. The Morgan fingerprint density at radius 2 is 2.62 bits per heavy atom. The molecular weight excluding hydrogens is 144 g/mol. The van der Waals surface area contributed by atoms with E-state index in [4.69, 9.17) is 11.6 Å². The van der Waals surface area contributed by atoms with Crippen molar-refractivity contribution in [1.82, 2.24) is 9.59 Å². The summed E-state index contributed by atoms with van der Waals surface area (Å²) in [5.74, 6) is 0. The van der Waals surface area contributed by atoms with Gasteiger partial charge in [-0.05, 0) is 18.5 Å². The molecule has 0 radical (unpaired) electrons. The van der Waals surface area contributed by atoms with Crippen molar-refractivity contribution in [1.29, 1.82) is 0 Å². The molecule has 0 spiro atoms. The fourth-order valence-electron chi connectivity index (χ4n) is 0.350. The molecule has 4 heteroatoms. The minimum Gasteiger partial charge on any atom is -0.146 e. The fraction of sp³-hybridized carbons (Fsp3) is 0.500. The van der Waals surface area contributed by atoms with Crippen LogP contribution >= 0.6 is 23.1 Å². The highest BCUT2D eigenvalue weighted by molar-refractivity contribution is 7.05. The maximum Gasteiger partial charge on any atom is 0.0682 e. The van der Waals surface area contributed by atoms with Gasteiger partial charge in [-0.25, -0.2) is 0 Å². The Morgan fingerprint density at radius 1 is 1.88 bits per heavy atom. The Morgan fingerprint density at radius 3 is 2.88 bits per heavy atom. The molecule has 0 fully saturated rings. The Kier molecular flexibility index (Phi) is 1.81. The number of halogens is 1. The first-order valence-electron chi connectivity index (χ1n) is 2.22. The van der Waals surface area contributed by atoms with Crippen LogP contribution in [-0.4, -0.2) is 9.59 Å². The third-order valence-corrected chi connectivity index (χ3v) is 1.98. The maximum absolute atomic E-state index is 5.67. The van der Waals surface area contributed by atoms with E-state index in [1.807, 2.05) is 6.92 Å². The van der Waals surface area contributed by atoms with Crippen molar-refractivity contribution in [2.24, 2.45) is 0 Å². The van der Waals surface area contributed by atoms with Gasteiger partial charge in [0.1, 0.15) is 0 Å². The summed E-state index contributed by atoms with van der Waals surface area (Å²) in [7, 11) is 0. The molecule has 0 amide bonds. The van der Waals surface area contributed by atoms with Gasteiger partial charge in [0.05, 0.1) is 16.5 Å². The summed E-state index contributed by atoms with van der Waals surface area (Å²) in [6, 6.07) is 0. The van der Waals surface area contributed by atoms with E-state index in [0.717, 1.165) is 4.88 Å². The zero-order valence-corrected chi connectivity index (χ0v) is 5.91. The molecule has 2 nitrogen and oxygen atoms in total. The lowest BCUT2D eigenvalue weighted by Crippen LogP contribution is -1.73. The molecular formula is C4H5ClN2S. The largest absolute Gasteiger partial charge is 0.146 e. The van der Waals surface area contributed by atoms with Crippen LogP contribution in [0.5, 0.6) is 0 Å². The van der Waals surface area contributed by atoms with Crippen molar-refractivity contribution in [3.8, 4) is 0 Å². The first-order chi connectivity index (χ1) is 3.80. The van der Waals surface area contributed by atoms with Crippen LogP contribution in [-0.2, 0) is 0 Å². The highest BCUT2D eigenvalue weighted by Gasteiger charge is 2.01. The predicted octanol–water partition coefficient (Wildman–Crippen LogP) is 1.84. The zero-order valence-electron chi connectivity index (χ0n) is 4.34. The van der Waals surface area contributed by atoms with Crippen LogP contribution in [0.2, 0.25) is 0 Å². The molecule has 8 heavy (non-hydrogen) atoms. The third kappa shape index (κ3) is 1.17. The van der Waals surface area contributed by atoms with E-state index in [1.54, 1.807) is 6.20 Å². The standard InChI is InChI=1S/C4H5ClN2S/c1-3(5)4-2-6-7-8-4/h2-3H,1H3. The molecule has 1 unspecified atom stereocenters. The van der Waals surface area contributed by atoms with Gasteiger partial charge in [-0.15, -0.1) is 16.7 Å². The second-order valence-corrected chi connectivity index (χ2v) is 2.91. The van der Waals surface area contributed by atoms with Crippen LogP contribution in [0.25, 0.3) is 0 Å². The van der Waals surface area contributed by atoms with Crippen molar-refractivity contribution in [3.05, 3.63) is 11.1 Å². The predicted molar refractivity (Wildman–Crippen MR) is 34.2 cm³/mol. The molecule has 1 heterocycles. The van der Waals surface area contributed by atoms with Crippen LogP contribution in [0.15, 0.2) is 6.20 Å². The quantitative estimate of drug-likeness (QED) is 0.568. The first kappa shape index (κ1) is 5.98. The third-order valence-electron chi connectivity index (χ3n) is 0.770. The van der Waals surface area contributed by atoms with Gasteiger partial charge in [0, 0.05) is 0 Å². The van der Waals surface area contributed by atoms with E-state index in [-0.39, 0.29) is 5.38 Å². The van der Waals surface area contributed by atoms with Crippen LogP contribution in [0.1, 0.15) is 17.2 Å². The smallest absolute Gasteiger partial charge is 0.0682 e. The SMILES string of the molecule is CC(Cl)c1cnns1. The summed E-state index contributed by atoms with van der Waals surface area (Å²) >= 11 is 7.01. The van der Waals surface area contributed by atoms with Gasteiger partial charge in [-0.1, -0.05) is 4.49 Å². The summed E-state index contributed by atoms with van der Waals surface area (Å²) in [5.41, 5.74) is 0. The lowest BCUT2D eigenvalue weighted by atomic mass is 10.4. The van der Waals surface area contributed by atoms with Gasteiger partial charge in [-0.2, -0.15) is 0 Å². The van der Waals surface area contributed by atoms with Gasteiger partial charge < -0.3 is 0 Å². The number of alkyl halides is 1. The molecule has 0 saturated heterocycles. The fourth-order valence-corrected chi connectivity index (χ4v) is 0.954. The summed E-state index contributed by atoms with van der Waals surface area (Å²) in [4.78, 5) is 1.02. The van der Waals surface area contributed by atoms with E-state index in [0.29, 0.717) is 0 Å². The second kappa shape index (κ2) is 2.42. The summed E-state index contributed by atoms with van der Waals surface area (Å²) in [6.07, 6.45) is 1.68. The van der Waals surface area contributed by atoms with Crippen molar-refractivity contribution >= 4 is 23.1 Å². The van der Waals surface area contributed by atoms with E-state index in [2.05, 4.69) is 9.59 Å². The van der Waals surface area contributed by atoms with E-state index < -0.39 is 0 Å². The summed E-state index contributed by atoms with van der Waals surface area (Å²) in [6.45, 7) is 1.90. The van der Waals surface area contributed by atoms with E-state index >= 15 is 0 Å². The molecule has 0 aliphatic heterocycles. The van der Waals surface area contributed by atoms with Crippen molar-refractivity contribution in [3.63, 3.8) is 0 Å². The van der Waals surface area contributed by atoms with Crippen LogP contribution in [0.3, 0.4) is 0 Å². The molecule has 0 saturated carbocycles. The van der Waals surface area contributed by atoms with Crippen molar-refractivity contribution in [2.75, 3.05) is 0 Å². The number of hydrogen-bond donors (Lipinski definition) is 0. The minimum atomic E-state index is 0.0509. The highest BCUT2D eigenvalue weighted by atomic mass is 35.5. The molecule has 1 aromatic rings. The van der Waals surface area contributed by atoms with Crippen LogP contribution in [0.4, 0.5) is 0 Å². The Hall–Kier alpha value is -0.150. The lowest BCUT2D eigenvalue weighted by Gasteiger charge is -1.90. The number of hydrogen-bond acceptors (Lipinski definition) is 3. The molecule has 1 atom stereocenters. The summed E-state index contributed by atoms with van der Waals surface area (Å²) < 4.78 is 3.65. The van der Waals surface area contributed by atoms with Gasteiger partial charge in [0.15, 0.2) is 0 Å². The zero-order chi connectivity index (χ0) is 5.98. The molecule has 1 rings (SSSR count). The second-order valence-electron chi connectivity index (χ2n) is 1.44. The molecule has 0 aliphatic carbocycles. The van der Waals surface area contributed by atoms with Crippen LogP contribution in [0, 0.1) is 0 Å². The topological polar surface area (TPSA) is 25.8 Å². The van der Waals surface area contributed by atoms with Gasteiger partial charge in [-0.3, -0.25) is 0 Å². The van der Waals surface area contributed by atoms with Crippen molar-refractivity contribution < 1.29 is 0 Å². The highest BCUT2D eigenvalue weighted by Crippen LogP contribution is 2.20. The number of rotatable bonds is 1. The van der Waals surface area contributed by atoms with Gasteiger partial charge in [0.25, 0.3) is 0 Å². The molecule has 1 aromatic heterocycles. The van der Waals surface area contributed by atoms with Crippen LogP contribution < -0.4 is 0 Å². The molecule has 0 aliphatic rings. The Bertz CT molecular complexity index is 149. The minimum absolute atomic E-state index is 0.0509. The summed E-state index contributed by atoms with van der Waals surface area (Å²) in [5, 5.41) is 3.68. The Labute approximate surface area is 56.7 Å². The average molecular weight is 149 g/mol. The molecule has 0 N–H and O–H groups in total. The molecule has 0 aromatic carbocycles. The number of nitrogens with zero attached hydrogens (tertiary/aromatic N) is 2. The van der Waals surface area contributed by atoms with Gasteiger partial charge in [0.2, 0.25) is 0 Å². The van der Waals surface area contributed by atoms with E-state index in [9.17, 15) is 0 Å². The average Bonchev–Trinajstić information content (AvgIpc) is 2.12. The van der Waals surface area contributed by atoms with Gasteiger partial charge >= 0.3 is 0 Å². The van der Waals surface area contributed by atoms with Crippen molar-refractivity contribution in [2.45, 2.75) is 12.3 Å². The first-order valence-corrected chi connectivity index (χ1v) is 3.43. The number of aromatic nitrogens is 2. The Balaban J connectivity index is 2.77. The van der Waals surface area contributed by atoms with E-state index in [1.165, 1.54) is 11.5 Å². The normalized spacial score (nSPS) is 13.8. The molecule has 0 bridgehead atoms. The lowest BCUT2D eigenvalue weighted by molar-refractivity contribution is 1.09. The maximum atomic E-state index is 5.67. The monoisotopic (exact) mass is 148 g/mol.